The number of amides is 4. The predicted molar refractivity (Wildman–Crippen MR) is 148 cm³/mol. The van der Waals surface area contributed by atoms with Gasteiger partial charge >= 0.3 is 0 Å². The van der Waals surface area contributed by atoms with Gasteiger partial charge in [-0.2, -0.15) is 0 Å². The van der Waals surface area contributed by atoms with Crippen LogP contribution in [0.5, 0.6) is 0 Å². The molecule has 0 fully saturated rings. The number of hydrogen-bond acceptors (Lipinski definition) is 7. The molecule has 3 aromatic rings. The van der Waals surface area contributed by atoms with Crippen LogP contribution in [0, 0.1) is 0 Å². The number of anilines is 3. The minimum Gasteiger partial charge on any atom is -0.351 e. The van der Waals surface area contributed by atoms with Gasteiger partial charge in [0.1, 0.15) is 17.1 Å². The molecule has 0 aromatic carbocycles. The van der Waals surface area contributed by atoms with Gasteiger partial charge in [-0.15, -0.1) is 11.3 Å². The standard InChI is InChI=1S/C25H34N8O4S/c1-15(2)21-20(29-25(38-21)30-23(36)19-10-16(27-14-34)12-32(19)5)24(37)28-17-11-18(33(6)13-17)22(35)26-8-7-9-31(3)4/h10-15H,7-9H2,1-6H3,(H,26,35)(H,27,34)(H,28,37)(H,29,30,36). The van der Waals surface area contributed by atoms with Crippen molar-refractivity contribution in [2.24, 2.45) is 14.1 Å². The van der Waals surface area contributed by atoms with E-state index in [0.29, 0.717) is 40.6 Å². The molecule has 0 aliphatic carbocycles. The molecule has 0 aliphatic rings. The molecule has 3 rings (SSSR count). The summed E-state index contributed by atoms with van der Waals surface area (Å²) in [5.41, 5.74) is 1.89. The van der Waals surface area contributed by atoms with Crippen molar-refractivity contribution in [3.05, 3.63) is 46.5 Å². The highest BCUT2D eigenvalue weighted by molar-refractivity contribution is 7.16. The van der Waals surface area contributed by atoms with E-state index < -0.39 is 11.8 Å². The first-order valence-electron chi connectivity index (χ1n) is 12.1. The van der Waals surface area contributed by atoms with Crippen LogP contribution in [0.25, 0.3) is 0 Å². The van der Waals surface area contributed by atoms with Gasteiger partial charge in [0.2, 0.25) is 6.41 Å². The Morgan fingerprint density at radius 2 is 1.63 bits per heavy atom. The molecule has 3 heterocycles. The van der Waals surface area contributed by atoms with Crippen LogP contribution in [0.3, 0.4) is 0 Å². The maximum absolute atomic E-state index is 13.2. The molecule has 4 amide bonds. The minimum absolute atomic E-state index is 0.0170. The fourth-order valence-electron chi connectivity index (χ4n) is 3.77. The first-order valence-corrected chi connectivity index (χ1v) is 12.9. The largest absolute Gasteiger partial charge is 0.351 e. The topological polar surface area (TPSA) is 142 Å². The summed E-state index contributed by atoms with van der Waals surface area (Å²) in [5.74, 6) is -1.10. The molecule has 0 saturated heterocycles. The van der Waals surface area contributed by atoms with E-state index in [-0.39, 0.29) is 22.7 Å². The number of carbonyl (C=O) groups excluding carboxylic acids is 4. The van der Waals surface area contributed by atoms with Crippen LogP contribution in [0.4, 0.5) is 16.5 Å². The third kappa shape index (κ3) is 7.07. The van der Waals surface area contributed by atoms with E-state index in [1.807, 2.05) is 32.8 Å². The van der Waals surface area contributed by atoms with Crippen molar-refractivity contribution in [3.8, 4) is 0 Å². The highest BCUT2D eigenvalue weighted by Gasteiger charge is 2.23. The number of aromatic nitrogens is 3. The second-order valence-electron chi connectivity index (χ2n) is 9.42. The number of carbonyl (C=O) groups is 4. The molecule has 0 bridgehead atoms. The van der Waals surface area contributed by atoms with Crippen molar-refractivity contribution < 1.29 is 19.2 Å². The summed E-state index contributed by atoms with van der Waals surface area (Å²) in [4.78, 5) is 56.4. The summed E-state index contributed by atoms with van der Waals surface area (Å²) in [6, 6.07) is 3.16. The average molecular weight is 543 g/mol. The molecule has 0 spiro atoms. The van der Waals surface area contributed by atoms with Crippen molar-refractivity contribution in [2.45, 2.75) is 26.2 Å². The Balaban J connectivity index is 1.71. The van der Waals surface area contributed by atoms with Crippen LogP contribution < -0.4 is 21.3 Å². The van der Waals surface area contributed by atoms with Gasteiger partial charge in [0.15, 0.2) is 5.13 Å². The van der Waals surface area contributed by atoms with Crippen LogP contribution >= 0.6 is 11.3 Å². The summed E-state index contributed by atoms with van der Waals surface area (Å²) in [6.45, 7) is 5.29. The zero-order valence-electron chi connectivity index (χ0n) is 22.4. The second-order valence-corrected chi connectivity index (χ2v) is 10.5. The summed E-state index contributed by atoms with van der Waals surface area (Å²) in [5, 5.41) is 11.2. The zero-order chi connectivity index (χ0) is 28.0. The third-order valence-electron chi connectivity index (χ3n) is 5.64. The highest BCUT2D eigenvalue weighted by Crippen LogP contribution is 2.31. The van der Waals surface area contributed by atoms with Crippen molar-refractivity contribution in [1.29, 1.82) is 0 Å². The van der Waals surface area contributed by atoms with Gasteiger partial charge in [0, 0.05) is 37.9 Å². The molecular weight excluding hydrogens is 508 g/mol. The number of thiazole rings is 1. The van der Waals surface area contributed by atoms with Gasteiger partial charge in [-0.3, -0.25) is 24.5 Å². The third-order valence-corrected chi connectivity index (χ3v) is 6.91. The molecule has 0 atom stereocenters. The zero-order valence-corrected chi connectivity index (χ0v) is 23.2. The molecule has 4 N–H and O–H groups in total. The maximum Gasteiger partial charge on any atom is 0.275 e. The fourth-order valence-corrected chi connectivity index (χ4v) is 4.73. The van der Waals surface area contributed by atoms with E-state index in [4.69, 9.17) is 0 Å². The molecule has 3 aromatic heterocycles. The Morgan fingerprint density at radius 1 is 1.00 bits per heavy atom. The molecule has 0 saturated carbocycles. The molecule has 0 aliphatic heterocycles. The maximum atomic E-state index is 13.2. The lowest BCUT2D eigenvalue weighted by molar-refractivity contribution is -0.105. The van der Waals surface area contributed by atoms with Crippen LogP contribution in [0.2, 0.25) is 0 Å². The Bertz CT molecular complexity index is 1320. The first-order chi connectivity index (χ1) is 18.0. The van der Waals surface area contributed by atoms with Crippen molar-refractivity contribution in [2.75, 3.05) is 43.1 Å². The normalized spacial score (nSPS) is 11.1. The Labute approximate surface area is 225 Å². The predicted octanol–water partition coefficient (Wildman–Crippen LogP) is 2.70. The van der Waals surface area contributed by atoms with E-state index >= 15 is 0 Å². The van der Waals surface area contributed by atoms with E-state index in [1.54, 1.807) is 47.8 Å². The van der Waals surface area contributed by atoms with E-state index in [2.05, 4.69) is 26.3 Å². The quantitative estimate of drug-likeness (QED) is 0.205. The molecule has 0 radical (unpaired) electrons. The Morgan fingerprint density at radius 3 is 2.26 bits per heavy atom. The summed E-state index contributed by atoms with van der Waals surface area (Å²) in [7, 11) is 7.38. The minimum atomic E-state index is -0.440. The molecule has 12 nitrogen and oxygen atoms in total. The lowest BCUT2D eigenvalue weighted by atomic mass is 10.1. The molecule has 204 valence electrons. The monoisotopic (exact) mass is 542 g/mol. The molecule has 13 heteroatoms. The number of rotatable bonds is 12. The van der Waals surface area contributed by atoms with Gasteiger partial charge in [0.05, 0.1) is 11.4 Å². The van der Waals surface area contributed by atoms with Crippen LogP contribution in [-0.2, 0) is 18.9 Å². The fraction of sp³-hybridized carbons (Fsp3) is 0.400. The molecular formula is C25H34N8O4S. The summed E-state index contributed by atoms with van der Waals surface area (Å²) < 4.78 is 3.23. The van der Waals surface area contributed by atoms with Crippen LogP contribution in [0.15, 0.2) is 24.5 Å². The lowest BCUT2D eigenvalue weighted by Crippen LogP contribution is -2.28. The van der Waals surface area contributed by atoms with E-state index in [0.717, 1.165) is 13.0 Å². The lowest BCUT2D eigenvalue weighted by Gasteiger charge is -2.10. The molecule has 0 unspecified atom stereocenters. The van der Waals surface area contributed by atoms with Gasteiger partial charge in [-0.1, -0.05) is 13.8 Å². The second kappa shape index (κ2) is 12.5. The van der Waals surface area contributed by atoms with Crippen LogP contribution in [0.1, 0.15) is 62.5 Å². The number of nitrogens with one attached hydrogen (secondary N) is 4. The Hall–Kier alpha value is -3.97. The number of nitrogens with zero attached hydrogens (tertiary/aromatic N) is 4. The summed E-state index contributed by atoms with van der Waals surface area (Å²) >= 11 is 1.22. The van der Waals surface area contributed by atoms with Crippen molar-refractivity contribution >= 4 is 52.0 Å². The smallest absolute Gasteiger partial charge is 0.275 e. The number of hydrogen-bond donors (Lipinski definition) is 4. The first kappa shape index (κ1) is 28.6. The van der Waals surface area contributed by atoms with Gasteiger partial charge in [-0.05, 0) is 45.1 Å². The Kier molecular flexibility index (Phi) is 9.42. The van der Waals surface area contributed by atoms with E-state index in [1.165, 1.54) is 11.3 Å². The SMILES string of the molecule is CC(C)c1sc(NC(=O)c2cc(NC=O)cn2C)nc1C(=O)Nc1cc(C(=O)NCCCN(C)C)n(C)c1. The van der Waals surface area contributed by atoms with Gasteiger partial charge in [0.25, 0.3) is 17.7 Å². The van der Waals surface area contributed by atoms with E-state index in [9.17, 15) is 19.2 Å². The average Bonchev–Trinajstić information content (AvgIpc) is 3.53. The number of aryl methyl sites for hydroxylation is 2. The summed E-state index contributed by atoms with van der Waals surface area (Å²) in [6.07, 6.45) is 4.64. The highest BCUT2D eigenvalue weighted by atomic mass is 32.1. The molecule has 38 heavy (non-hydrogen) atoms. The van der Waals surface area contributed by atoms with Gasteiger partial charge in [-0.25, -0.2) is 4.98 Å². The van der Waals surface area contributed by atoms with Gasteiger partial charge < -0.3 is 30.0 Å². The van der Waals surface area contributed by atoms with Crippen LogP contribution in [-0.4, -0.2) is 70.3 Å². The van der Waals surface area contributed by atoms with Crippen molar-refractivity contribution in [3.63, 3.8) is 0 Å². The van der Waals surface area contributed by atoms with Crippen molar-refractivity contribution in [1.82, 2.24) is 24.3 Å².